The van der Waals surface area contributed by atoms with Crippen molar-refractivity contribution >= 4 is 12.2 Å². The summed E-state index contributed by atoms with van der Waals surface area (Å²) in [6.07, 6.45) is 2.46. The average molecular weight is 294 g/mol. The van der Waals surface area contributed by atoms with Crippen LogP contribution in [0.4, 0.5) is 4.39 Å². The third-order valence-corrected chi connectivity index (χ3v) is 2.96. The third kappa shape index (κ3) is 4.03. The molecule has 0 fully saturated rings. The first-order valence-corrected chi connectivity index (χ1v) is 6.68. The summed E-state index contributed by atoms with van der Waals surface area (Å²) in [7, 11) is 0. The second-order valence-corrected chi connectivity index (χ2v) is 4.72. The van der Waals surface area contributed by atoms with Gasteiger partial charge in [-0.3, -0.25) is 14.2 Å². The third-order valence-electron chi connectivity index (χ3n) is 2.74. The van der Waals surface area contributed by atoms with Crippen LogP contribution in [-0.2, 0) is 6.42 Å². The van der Waals surface area contributed by atoms with Crippen LogP contribution in [0.1, 0.15) is 17.5 Å². The van der Waals surface area contributed by atoms with E-state index >= 15 is 0 Å². The quantitative estimate of drug-likeness (QED) is 0.636. The highest BCUT2D eigenvalue weighted by Crippen LogP contribution is 2.15. The van der Waals surface area contributed by atoms with Crippen molar-refractivity contribution in [3.8, 4) is 5.75 Å². The number of aromatic nitrogens is 2. The lowest BCUT2D eigenvalue weighted by atomic mass is 10.1. The van der Waals surface area contributed by atoms with Crippen molar-refractivity contribution in [3.05, 3.63) is 56.7 Å². The average Bonchev–Trinajstić information content (AvgIpc) is 2.43. The molecule has 0 unspecified atom stereocenters. The van der Waals surface area contributed by atoms with Gasteiger partial charge in [0.25, 0.3) is 5.56 Å². The van der Waals surface area contributed by atoms with Crippen LogP contribution in [0.25, 0.3) is 0 Å². The Bertz CT molecular complexity index is 681. The van der Waals surface area contributed by atoms with Gasteiger partial charge >= 0.3 is 0 Å². The van der Waals surface area contributed by atoms with Gasteiger partial charge in [0.15, 0.2) is 4.77 Å². The number of nitrogens with one attached hydrogen (secondary N) is 2. The maximum absolute atomic E-state index is 12.0. The number of aromatic amines is 2. The van der Waals surface area contributed by atoms with E-state index in [1.807, 2.05) is 24.3 Å². The summed E-state index contributed by atoms with van der Waals surface area (Å²) in [5.74, 6) is 0.677. The summed E-state index contributed by atoms with van der Waals surface area (Å²) in [5.41, 5.74) is 1.34. The van der Waals surface area contributed by atoms with Crippen LogP contribution < -0.4 is 10.3 Å². The molecule has 2 aromatic rings. The molecule has 0 atom stereocenters. The molecule has 0 aliphatic heterocycles. The summed E-state index contributed by atoms with van der Waals surface area (Å²) in [6, 6.07) is 7.41. The first kappa shape index (κ1) is 14.5. The normalized spacial score (nSPS) is 10.4. The van der Waals surface area contributed by atoms with Crippen molar-refractivity contribution in [2.45, 2.75) is 12.8 Å². The standard InChI is InChI=1S/C14H15FN2O2S/c15-5-2-6-19-12-4-1-3-10(8-12)7-11-9-16-14(20)17-13(11)18/h1,3-4,8-9H,2,5-7H2,(H2,16,17,18,20). The lowest BCUT2D eigenvalue weighted by molar-refractivity contribution is 0.289. The first-order valence-electron chi connectivity index (χ1n) is 6.27. The number of hydrogen-bond donors (Lipinski definition) is 2. The predicted octanol–water partition coefficient (Wildman–Crippen LogP) is 2.76. The van der Waals surface area contributed by atoms with Crippen LogP contribution >= 0.6 is 12.2 Å². The molecule has 1 aromatic carbocycles. The van der Waals surface area contributed by atoms with Gasteiger partial charge < -0.3 is 9.72 Å². The number of halogens is 1. The zero-order valence-electron chi connectivity index (χ0n) is 10.8. The van der Waals surface area contributed by atoms with Gasteiger partial charge in [0.1, 0.15) is 5.75 Å². The van der Waals surface area contributed by atoms with Gasteiger partial charge in [0, 0.05) is 24.6 Å². The van der Waals surface area contributed by atoms with E-state index in [-0.39, 0.29) is 5.56 Å². The van der Waals surface area contributed by atoms with Gasteiger partial charge in [-0.2, -0.15) is 0 Å². The molecular formula is C14H15FN2O2S. The van der Waals surface area contributed by atoms with Crippen molar-refractivity contribution in [3.63, 3.8) is 0 Å². The summed E-state index contributed by atoms with van der Waals surface area (Å²) < 4.78 is 17.7. The number of H-pyrrole nitrogens is 2. The summed E-state index contributed by atoms with van der Waals surface area (Å²) in [5, 5.41) is 0. The van der Waals surface area contributed by atoms with Crippen LogP contribution in [0.2, 0.25) is 0 Å². The minimum Gasteiger partial charge on any atom is -0.493 e. The Balaban J connectivity index is 2.11. The Morgan fingerprint density at radius 2 is 2.20 bits per heavy atom. The Morgan fingerprint density at radius 3 is 2.95 bits per heavy atom. The molecule has 0 bridgehead atoms. The zero-order chi connectivity index (χ0) is 14.4. The monoisotopic (exact) mass is 294 g/mol. The molecule has 20 heavy (non-hydrogen) atoms. The molecule has 6 heteroatoms. The molecule has 0 spiro atoms. The molecule has 106 valence electrons. The number of hydrogen-bond acceptors (Lipinski definition) is 3. The van der Waals surface area contributed by atoms with E-state index in [9.17, 15) is 9.18 Å². The van der Waals surface area contributed by atoms with Gasteiger partial charge in [0.2, 0.25) is 0 Å². The van der Waals surface area contributed by atoms with Gasteiger partial charge in [0.05, 0.1) is 13.3 Å². The van der Waals surface area contributed by atoms with Crippen LogP contribution in [0.3, 0.4) is 0 Å². The highest BCUT2D eigenvalue weighted by Gasteiger charge is 2.03. The highest BCUT2D eigenvalue weighted by molar-refractivity contribution is 7.71. The Kier molecular flexibility index (Phi) is 5.06. The smallest absolute Gasteiger partial charge is 0.255 e. The maximum Gasteiger partial charge on any atom is 0.255 e. The molecule has 0 saturated carbocycles. The lowest BCUT2D eigenvalue weighted by Crippen LogP contribution is -2.13. The SMILES string of the molecule is O=c1[nH]c(=S)[nH]cc1Cc1cccc(OCCCF)c1. The fourth-order valence-corrected chi connectivity index (χ4v) is 1.93. The molecule has 1 aromatic heterocycles. The molecule has 0 amide bonds. The molecule has 0 saturated heterocycles. The van der Waals surface area contributed by atoms with E-state index in [0.29, 0.717) is 35.5 Å². The van der Waals surface area contributed by atoms with Crippen molar-refractivity contribution < 1.29 is 9.13 Å². The minimum absolute atomic E-state index is 0.197. The number of rotatable bonds is 6. The van der Waals surface area contributed by atoms with Crippen molar-refractivity contribution in [2.75, 3.05) is 13.3 Å². The largest absolute Gasteiger partial charge is 0.493 e. The molecule has 2 N–H and O–H groups in total. The van der Waals surface area contributed by atoms with Gasteiger partial charge in [-0.05, 0) is 29.9 Å². The molecule has 1 heterocycles. The highest BCUT2D eigenvalue weighted by atomic mass is 32.1. The van der Waals surface area contributed by atoms with Crippen LogP contribution in [0.15, 0.2) is 35.3 Å². The zero-order valence-corrected chi connectivity index (χ0v) is 11.6. The van der Waals surface area contributed by atoms with Crippen LogP contribution in [0.5, 0.6) is 5.75 Å². The molecular weight excluding hydrogens is 279 g/mol. The van der Waals surface area contributed by atoms with E-state index < -0.39 is 6.67 Å². The van der Waals surface area contributed by atoms with E-state index in [1.165, 1.54) is 0 Å². The van der Waals surface area contributed by atoms with E-state index in [1.54, 1.807) is 6.20 Å². The fraction of sp³-hybridized carbons (Fsp3) is 0.286. The molecule has 0 aliphatic carbocycles. The summed E-state index contributed by atoms with van der Waals surface area (Å²) in [4.78, 5) is 17.1. The maximum atomic E-state index is 12.0. The predicted molar refractivity (Wildman–Crippen MR) is 77.6 cm³/mol. The van der Waals surface area contributed by atoms with Gasteiger partial charge in [-0.1, -0.05) is 12.1 Å². The minimum atomic E-state index is -0.391. The van der Waals surface area contributed by atoms with Gasteiger partial charge in [-0.25, -0.2) is 0 Å². The van der Waals surface area contributed by atoms with Crippen molar-refractivity contribution in [1.82, 2.24) is 9.97 Å². The van der Waals surface area contributed by atoms with E-state index in [0.717, 1.165) is 5.56 Å². The molecule has 0 aliphatic rings. The molecule has 0 radical (unpaired) electrons. The van der Waals surface area contributed by atoms with Crippen molar-refractivity contribution in [2.24, 2.45) is 0 Å². The number of ether oxygens (including phenoxy) is 1. The van der Waals surface area contributed by atoms with Crippen molar-refractivity contribution in [1.29, 1.82) is 0 Å². The van der Waals surface area contributed by atoms with Gasteiger partial charge in [-0.15, -0.1) is 0 Å². The second kappa shape index (κ2) is 7.00. The summed E-state index contributed by atoms with van der Waals surface area (Å²) >= 11 is 4.84. The Hall–Kier alpha value is -1.95. The summed E-state index contributed by atoms with van der Waals surface area (Å²) in [6.45, 7) is -0.0444. The Labute approximate surface area is 120 Å². The lowest BCUT2D eigenvalue weighted by Gasteiger charge is -2.07. The van der Waals surface area contributed by atoms with E-state index in [2.05, 4.69) is 9.97 Å². The first-order chi connectivity index (χ1) is 9.69. The number of benzene rings is 1. The topological polar surface area (TPSA) is 57.9 Å². The molecule has 2 rings (SSSR count). The van der Waals surface area contributed by atoms with E-state index in [4.69, 9.17) is 17.0 Å². The Morgan fingerprint density at radius 1 is 1.35 bits per heavy atom. The van der Waals surface area contributed by atoms with Crippen LogP contribution in [-0.4, -0.2) is 23.2 Å². The second-order valence-electron chi connectivity index (χ2n) is 4.31. The van der Waals surface area contributed by atoms with Crippen LogP contribution in [0, 0.1) is 4.77 Å². The number of alkyl halides is 1. The molecule has 4 nitrogen and oxygen atoms in total. The fourth-order valence-electron chi connectivity index (χ4n) is 1.78.